The van der Waals surface area contributed by atoms with Crippen LogP contribution < -0.4 is 11.1 Å². The van der Waals surface area contributed by atoms with Crippen LogP contribution in [0, 0.1) is 11.3 Å². The maximum atomic E-state index is 11.8. The summed E-state index contributed by atoms with van der Waals surface area (Å²) in [5, 5.41) is 2.93. The molecule has 1 amide bonds. The molecule has 0 radical (unpaired) electrons. The zero-order chi connectivity index (χ0) is 12.7. The van der Waals surface area contributed by atoms with E-state index in [1.807, 2.05) is 13.8 Å². The van der Waals surface area contributed by atoms with Crippen molar-refractivity contribution in [3.63, 3.8) is 0 Å². The lowest BCUT2D eigenvalue weighted by Crippen LogP contribution is -2.43. The number of carbonyl (C=O) groups excluding carboxylic acids is 1. The predicted molar refractivity (Wildman–Crippen MR) is 68.6 cm³/mol. The number of hydrogen-bond acceptors (Lipinski definition) is 3. The topological polar surface area (TPSA) is 64.4 Å². The van der Waals surface area contributed by atoms with Gasteiger partial charge in [-0.05, 0) is 38.5 Å². The molecule has 0 aromatic heterocycles. The van der Waals surface area contributed by atoms with Crippen LogP contribution in [-0.4, -0.2) is 32.2 Å². The van der Waals surface area contributed by atoms with Gasteiger partial charge in [0.25, 0.3) is 0 Å². The van der Waals surface area contributed by atoms with E-state index >= 15 is 0 Å². The normalized spacial score (nSPS) is 18.8. The maximum absolute atomic E-state index is 11.8. The lowest BCUT2D eigenvalue weighted by atomic mass is 9.87. The van der Waals surface area contributed by atoms with E-state index in [1.165, 1.54) is 12.8 Å². The minimum Gasteiger partial charge on any atom is -0.381 e. The molecule has 4 nitrogen and oxygen atoms in total. The van der Waals surface area contributed by atoms with Crippen LogP contribution in [0.15, 0.2) is 0 Å². The number of amides is 1. The highest BCUT2D eigenvalue weighted by molar-refractivity contribution is 5.82. The zero-order valence-electron chi connectivity index (χ0n) is 11.1. The van der Waals surface area contributed by atoms with Gasteiger partial charge in [-0.2, -0.15) is 0 Å². The average molecular weight is 242 g/mol. The highest BCUT2D eigenvalue weighted by Crippen LogP contribution is 2.28. The van der Waals surface area contributed by atoms with Gasteiger partial charge >= 0.3 is 0 Å². The second-order valence-electron chi connectivity index (χ2n) is 5.25. The van der Waals surface area contributed by atoms with Crippen molar-refractivity contribution in [1.29, 1.82) is 0 Å². The van der Waals surface area contributed by atoms with Crippen LogP contribution in [0.5, 0.6) is 0 Å². The van der Waals surface area contributed by atoms with Crippen LogP contribution in [0.1, 0.15) is 39.5 Å². The summed E-state index contributed by atoms with van der Waals surface area (Å²) < 4.78 is 5.50. The Hall–Kier alpha value is -0.610. The summed E-state index contributed by atoms with van der Waals surface area (Å²) in [7, 11) is 0. The van der Waals surface area contributed by atoms with Crippen molar-refractivity contribution in [1.82, 2.24) is 5.32 Å². The highest BCUT2D eigenvalue weighted by atomic mass is 16.5. The van der Waals surface area contributed by atoms with Gasteiger partial charge in [-0.15, -0.1) is 0 Å². The van der Waals surface area contributed by atoms with Crippen LogP contribution in [-0.2, 0) is 9.53 Å². The molecule has 0 spiro atoms. The predicted octanol–water partition coefficient (Wildman–Crippen LogP) is 1.29. The molecular weight excluding hydrogens is 216 g/mol. The summed E-state index contributed by atoms with van der Waals surface area (Å²) in [5.74, 6) is 0.870. The fraction of sp³-hybridized carbons (Fsp3) is 0.923. The first-order valence-electron chi connectivity index (χ1n) is 6.68. The molecule has 0 saturated heterocycles. The third kappa shape index (κ3) is 5.04. The fourth-order valence-electron chi connectivity index (χ4n) is 1.52. The molecule has 0 aromatic rings. The highest BCUT2D eigenvalue weighted by Gasteiger charge is 2.29. The van der Waals surface area contributed by atoms with E-state index in [1.54, 1.807) is 0 Å². The summed E-state index contributed by atoms with van der Waals surface area (Å²) in [4.78, 5) is 11.8. The number of hydrogen-bond donors (Lipinski definition) is 2. The van der Waals surface area contributed by atoms with E-state index in [0.717, 1.165) is 32.0 Å². The molecule has 1 unspecified atom stereocenters. The minimum atomic E-state index is -0.422. The largest absolute Gasteiger partial charge is 0.381 e. The molecule has 3 N–H and O–H groups in total. The molecule has 0 aliphatic heterocycles. The molecule has 1 aliphatic rings. The number of nitrogens with two attached hydrogens (primary N) is 1. The molecule has 1 rings (SSSR count). The van der Waals surface area contributed by atoms with E-state index in [0.29, 0.717) is 13.1 Å². The Bertz CT molecular complexity index is 236. The van der Waals surface area contributed by atoms with E-state index < -0.39 is 5.41 Å². The van der Waals surface area contributed by atoms with Crippen LogP contribution in [0.3, 0.4) is 0 Å². The molecule has 4 heteroatoms. The van der Waals surface area contributed by atoms with Crippen LogP contribution >= 0.6 is 0 Å². The molecule has 1 aliphatic carbocycles. The van der Waals surface area contributed by atoms with Crippen LogP contribution in [0.2, 0.25) is 0 Å². The number of rotatable bonds is 9. The molecule has 1 atom stereocenters. The van der Waals surface area contributed by atoms with Crippen molar-refractivity contribution >= 4 is 5.91 Å². The first-order chi connectivity index (χ1) is 8.12. The molecule has 0 aromatic carbocycles. The number of carbonyl (C=O) groups is 1. The van der Waals surface area contributed by atoms with Gasteiger partial charge < -0.3 is 15.8 Å². The van der Waals surface area contributed by atoms with Gasteiger partial charge in [0, 0.05) is 26.3 Å². The molecule has 0 heterocycles. The van der Waals surface area contributed by atoms with Crippen molar-refractivity contribution in [3.05, 3.63) is 0 Å². The summed E-state index contributed by atoms with van der Waals surface area (Å²) >= 11 is 0. The van der Waals surface area contributed by atoms with Crippen molar-refractivity contribution in [2.45, 2.75) is 39.5 Å². The average Bonchev–Trinajstić information content (AvgIpc) is 3.16. The van der Waals surface area contributed by atoms with Gasteiger partial charge in [0.05, 0.1) is 5.41 Å². The Morgan fingerprint density at radius 1 is 1.53 bits per heavy atom. The van der Waals surface area contributed by atoms with Gasteiger partial charge in [-0.1, -0.05) is 6.92 Å². The Balaban J connectivity index is 2.02. The van der Waals surface area contributed by atoms with Crippen molar-refractivity contribution in [2.24, 2.45) is 17.1 Å². The standard InChI is InChI=1S/C13H26N2O2/c1-3-13(2,10-14)12(16)15-7-4-8-17-9-11-5-6-11/h11H,3-10,14H2,1-2H3,(H,15,16). The van der Waals surface area contributed by atoms with Crippen molar-refractivity contribution in [2.75, 3.05) is 26.3 Å². The number of nitrogens with one attached hydrogen (secondary N) is 1. The molecule has 0 bridgehead atoms. The Morgan fingerprint density at radius 2 is 2.24 bits per heavy atom. The van der Waals surface area contributed by atoms with Gasteiger partial charge in [0.15, 0.2) is 0 Å². The van der Waals surface area contributed by atoms with Gasteiger partial charge in [0.2, 0.25) is 5.91 Å². The third-order valence-corrected chi connectivity index (χ3v) is 3.58. The van der Waals surface area contributed by atoms with E-state index in [4.69, 9.17) is 10.5 Å². The number of ether oxygens (including phenoxy) is 1. The van der Waals surface area contributed by atoms with E-state index in [-0.39, 0.29) is 5.91 Å². The lowest BCUT2D eigenvalue weighted by molar-refractivity contribution is -0.129. The Morgan fingerprint density at radius 3 is 2.76 bits per heavy atom. The summed E-state index contributed by atoms with van der Waals surface area (Å²) in [6.45, 7) is 6.61. The third-order valence-electron chi connectivity index (χ3n) is 3.58. The monoisotopic (exact) mass is 242 g/mol. The summed E-state index contributed by atoms with van der Waals surface area (Å²) in [6.07, 6.45) is 4.29. The van der Waals surface area contributed by atoms with E-state index in [2.05, 4.69) is 5.32 Å². The van der Waals surface area contributed by atoms with E-state index in [9.17, 15) is 4.79 Å². The molecule has 17 heavy (non-hydrogen) atoms. The fourth-order valence-corrected chi connectivity index (χ4v) is 1.52. The first kappa shape index (κ1) is 14.5. The Kier molecular flexibility index (Phi) is 5.92. The van der Waals surface area contributed by atoms with Crippen molar-refractivity contribution in [3.8, 4) is 0 Å². The summed E-state index contributed by atoms with van der Waals surface area (Å²) in [5.41, 5.74) is 5.20. The molecular formula is C13H26N2O2. The zero-order valence-corrected chi connectivity index (χ0v) is 11.1. The quantitative estimate of drug-likeness (QED) is 0.599. The van der Waals surface area contributed by atoms with Crippen LogP contribution in [0.25, 0.3) is 0 Å². The second kappa shape index (κ2) is 6.97. The SMILES string of the molecule is CCC(C)(CN)C(=O)NCCCOCC1CC1. The maximum Gasteiger partial charge on any atom is 0.227 e. The first-order valence-corrected chi connectivity index (χ1v) is 6.68. The summed E-state index contributed by atoms with van der Waals surface area (Å²) in [6, 6.07) is 0. The molecule has 1 saturated carbocycles. The van der Waals surface area contributed by atoms with Crippen molar-refractivity contribution < 1.29 is 9.53 Å². The smallest absolute Gasteiger partial charge is 0.227 e. The van der Waals surface area contributed by atoms with Gasteiger partial charge in [-0.25, -0.2) is 0 Å². The minimum absolute atomic E-state index is 0.0599. The second-order valence-corrected chi connectivity index (χ2v) is 5.25. The van der Waals surface area contributed by atoms with Crippen LogP contribution in [0.4, 0.5) is 0 Å². The molecule has 1 fully saturated rings. The molecule has 100 valence electrons. The Labute approximate surface area is 104 Å². The lowest BCUT2D eigenvalue weighted by Gasteiger charge is -2.24. The van der Waals surface area contributed by atoms with Gasteiger partial charge in [0.1, 0.15) is 0 Å². The van der Waals surface area contributed by atoms with Gasteiger partial charge in [-0.3, -0.25) is 4.79 Å².